The van der Waals surface area contributed by atoms with E-state index in [4.69, 9.17) is 17.2 Å². The van der Waals surface area contributed by atoms with Crippen LogP contribution in [-0.4, -0.2) is 14.7 Å². The number of hydrogen-bond acceptors (Lipinski definition) is 2. The van der Waals surface area contributed by atoms with Crippen molar-refractivity contribution in [2.75, 3.05) is 4.90 Å². The average Bonchev–Trinajstić information content (AvgIpc) is 3.28. The Morgan fingerprint density at radius 2 is 1.55 bits per heavy atom. The van der Waals surface area contributed by atoms with Crippen molar-refractivity contribution >= 4 is 38.9 Å². The summed E-state index contributed by atoms with van der Waals surface area (Å²) in [6, 6.07) is 24.8. The van der Waals surface area contributed by atoms with E-state index in [0.29, 0.717) is 5.11 Å². The van der Waals surface area contributed by atoms with Crippen molar-refractivity contribution in [1.29, 1.82) is 0 Å². The minimum Gasteiger partial charge on any atom is -0.351 e. The van der Waals surface area contributed by atoms with Crippen molar-refractivity contribution in [3.8, 4) is 5.69 Å². The molecule has 0 radical (unpaired) electrons. The molecule has 0 aliphatic carbocycles. The van der Waals surface area contributed by atoms with Crippen LogP contribution in [-0.2, 0) is 0 Å². The van der Waals surface area contributed by atoms with Crippen LogP contribution >= 0.6 is 28.1 Å². The van der Waals surface area contributed by atoms with Gasteiger partial charge in [0, 0.05) is 39.0 Å². The number of nitrogens with zero attached hydrogens (tertiary/aromatic N) is 3. The molecule has 2 atom stereocenters. The molecule has 4 aromatic rings. The number of benzene rings is 2. The zero-order valence-corrected chi connectivity index (χ0v) is 21.2. The Hall–Kier alpha value is -2.96. The number of aromatic nitrogens is 2. The predicted octanol–water partition coefficient (Wildman–Crippen LogP) is 6.74. The fraction of sp³-hybridized carbons (Fsp3) is 0.185. The first-order chi connectivity index (χ1) is 16.0. The summed E-state index contributed by atoms with van der Waals surface area (Å²) < 4.78 is 3.39. The number of para-hydroxylation sites is 1. The van der Waals surface area contributed by atoms with Gasteiger partial charge >= 0.3 is 0 Å². The maximum absolute atomic E-state index is 5.90. The van der Waals surface area contributed by atoms with Gasteiger partial charge in [-0.05, 0) is 87.1 Å². The highest BCUT2D eigenvalue weighted by atomic mass is 79.9. The SMILES string of the molecule is Cc1c([C@@H]2[C@@H](c3ccccn3)NC(=S)N2c2ccc(Br)cc2)c(C)n(-c2ccccc2)c1C. The van der Waals surface area contributed by atoms with E-state index < -0.39 is 0 Å². The third-order valence-corrected chi connectivity index (χ3v) is 7.36. The quantitative estimate of drug-likeness (QED) is 0.304. The highest BCUT2D eigenvalue weighted by molar-refractivity contribution is 9.10. The van der Waals surface area contributed by atoms with Gasteiger partial charge in [0.15, 0.2) is 5.11 Å². The maximum Gasteiger partial charge on any atom is 0.174 e. The van der Waals surface area contributed by atoms with Gasteiger partial charge in [-0.25, -0.2) is 0 Å². The summed E-state index contributed by atoms with van der Waals surface area (Å²) in [7, 11) is 0. The number of thiocarbonyl (C=S) groups is 1. The van der Waals surface area contributed by atoms with E-state index >= 15 is 0 Å². The summed E-state index contributed by atoms with van der Waals surface area (Å²) in [6.07, 6.45) is 1.85. The second-order valence-corrected chi connectivity index (χ2v) is 9.66. The summed E-state index contributed by atoms with van der Waals surface area (Å²) in [5.74, 6) is 0. The molecule has 0 spiro atoms. The number of rotatable bonds is 4. The molecule has 166 valence electrons. The van der Waals surface area contributed by atoms with Gasteiger partial charge in [0.25, 0.3) is 0 Å². The lowest BCUT2D eigenvalue weighted by Crippen LogP contribution is -2.29. The molecule has 1 N–H and O–H groups in total. The molecule has 6 heteroatoms. The number of hydrogen-bond donors (Lipinski definition) is 1. The summed E-state index contributed by atoms with van der Waals surface area (Å²) in [5, 5.41) is 4.29. The predicted molar refractivity (Wildman–Crippen MR) is 142 cm³/mol. The van der Waals surface area contributed by atoms with E-state index in [9.17, 15) is 0 Å². The van der Waals surface area contributed by atoms with Gasteiger partial charge in [0.1, 0.15) is 0 Å². The normalized spacial score (nSPS) is 17.9. The van der Waals surface area contributed by atoms with Crippen molar-refractivity contribution in [2.24, 2.45) is 0 Å². The topological polar surface area (TPSA) is 33.1 Å². The lowest BCUT2D eigenvalue weighted by Gasteiger charge is -2.29. The Balaban J connectivity index is 1.72. The lowest BCUT2D eigenvalue weighted by molar-refractivity contribution is 0.563. The molecule has 0 bridgehead atoms. The molecular weight excluding hydrogens is 492 g/mol. The van der Waals surface area contributed by atoms with Crippen molar-refractivity contribution in [1.82, 2.24) is 14.9 Å². The van der Waals surface area contributed by atoms with Crippen molar-refractivity contribution in [3.63, 3.8) is 0 Å². The van der Waals surface area contributed by atoms with Crippen LogP contribution in [0.5, 0.6) is 0 Å². The van der Waals surface area contributed by atoms with Crippen LogP contribution in [0.3, 0.4) is 0 Å². The third-order valence-electron chi connectivity index (χ3n) is 6.52. The first-order valence-corrected chi connectivity index (χ1v) is 12.2. The first-order valence-electron chi connectivity index (χ1n) is 11.0. The molecule has 1 aliphatic heterocycles. The molecule has 1 fully saturated rings. The monoisotopic (exact) mass is 516 g/mol. The summed E-state index contributed by atoms with van der Waals surface area (Å²) in [4.78, 5) is 6.94. The largest absolute Gasteiger partial charge is 0.351 e. The molecule has 0 amide bonds. The number of nitrogens with one attached hydrogen (secondary N) is 1. The summed E-state index contributed by atoms with van der Waals surface area (Å²) in [5.41, 5.74) is 8.22. The van der Waals surface area contributed by atoms with Gasteiger partial charge < -0.3 is 14.8 Å². The van der Waals surface area contributed by atoms with E-state index in [-0.39, 0.29) is 12.1 Å². The number of halogens is 1. The smallest absolute Gasteiger partial charge is 0.174 e. The summed E-state index contributed by atoms with van der Waals surface area (Å²) in [6.45, 7) is 6.62. The van der Waals surface area contributed by atoms with Gasteiger partial charge in [-0.3, -0.25) is 4.98 Å². The van der Waals surface area contributed by atoms with Gasteiger partial charge in [-0.2, -0.15) is 0 Å². The molecule has 1 saturated heterocycles. The Bertz CT molecular complexity index is 1300. The average molecular weight is 517 g/mol. The summed E-state index contributed by atoms with van der Waals surface area (Å²) >= 11 is 9.46. The third kappa shape index (κ3) is 3.77. The van der Waals surface area contributed by atoms with Gasteiger partial charge in [0.2, 0.25) is 0 Å². The minimum absolute atomic E-state index is 0.0303. The van der Waals surface area contributed by atoms with E-state index in [1.807, 2.05) is 18.3 Å². The zero-order chi connectivity index (χ0) is 23.1. The molecule has 33 heavy (non-hydrogen) atoms. The molecule has 0 unspecified atom stereocenters. The van der Waals surface area contributed by atoms with E-state index in [2.05, 4.69) is 112 Å². The second-order valence-electron chi connectivity index (χ2n) is 8.35. The van der Waals surface area contributed by atoms with Gasteiger partial charge in [-0.1, -0.05) is 40.2 Å². The Kier molecular flexibility index (Phi) is 5.81. The van der Waals surface area contributed by atoms with Crippen molar-refractivity contribution < 1.29 is 0 Å². The highest BCUT2D eigenvalue weighted by Crippen LogP contribution is 2.45. The Morgan fingerprint density at radius 1 is 0.848 bits per heavy atom. The molecule has 2 aromatic carbocycles. The van der Waals surface area contributed by atoms with Crippen LogP contribution in [0, 0.1) is 20.8 Å². The number of pyridine rings is 1. The molecule has 2 aromatic heterocycles. The Morgan fingerprint density at radius 3 is 2.21 bits per heavy atom. The molecular formula is C27H25BrN4S. The van der Waals surface area contributed by atoms with E-state index in [0.717, 1.165) is 15.9 Å². The molecule has 1 aliphatic rings. The molecule has 5 rings (SSSR count). The zero-order valence-electron chi connectivity index (χ0n) is 18.8. The molecule has 3 heterocycles. The first kappa shape index (κ1) is 21.9. The van der Waals surface area contributed by atoms with E-state index in [1.165, 1.54) is 28.2 Å². The molecule has 4 nitrogen and oxygen atoms in total. The lowest BCUT2D eigenvalue weighted by atomic mass is 9.93. The highest BCUT2D eigenvalue weighted by Gasteiger charge is 2.43. The van der Waals surface area contributed by atoms with Crippen molar-refractivity contribution in [2.45, 2.75) is 32.9 Å². The van der Waals surface area contributed by atoms with Crippen LogP contribution in [0.2, 0.25) is 0 Å². The van der Waals surface area contributed by atoms with Crippen LogP contribution in [0.4, 0.5) is 5.69 Å². The fourth-order valence-corrected chi connectivity index (χ4v) is 5.54. The van der Waals surface area contributed by atoms with E-state index in [1.54, 1.807) is 0 Å². The van der Waals surface area contributed by atoms with Gasteiger partial charge in [-0.15, -0.1) is 0 Å². The second kappa shape index (κ2) is 8.76. The maximum atomic E-state index is 5.90. The molecule has 0 saturated carbocycles. The van der Waals surface area contributed by atoms with Crippen LogP contribution in [0.1, 0.15) is 40.3 Å². The fourth-order valence-electron chi connectivity index (χ4n) is 4.93. The van der Waals surface area contributed by atoms with Crippen LogP contribution < -0.4 is 10.2 Å². The number of anilines is 1. The van der Waals surface area contributed by atoms with Gasteiger partial charge in [0.05, 0.1) is 17.8 Å². The minimum atomic E-state index is -0.0641. The standard InChI is InChI=1S/C27H25BrN4S/c1-17-18(2)31(21-9-5-4-6-10-21)19(3)24(17)26-25(23-11-7-8-16-29-23)30-27(33)32(26)22-14-12-20(28)13-15-22/h4-16,25-26H,1-3H3,(H,30,33)/t25-,26-/m1/s1. The van der Waals surface area contributed by atoms with Crippen molar-refractivity contribution in [3.05, 3.63) is 112 Å². The Labute approximate surface area is 208 Å². The van der Waals surface area contributed by atoms with Crippen LogP contribution in [0.25, 0.3) is 5.69 Å². The van der Waals surface area contributed by atoms with Crippen LogP contribution in [0.15, 0.2) is 83.5 Å².